The highest BCUT2D eigenvalue weighted by Gasteiger charge is 2.29. The van der Waals surface area contributed by atoms with Crippen molar-refractivity contribution in [3.63, 3.8) is 0 Å². The number of β-amino-alcohol motifs (C(OH)–C–C–N with tert-alkyl or cyclic N) is 2. The predicted octanol–water partition coefficient (Wildman–Crippen LogP) is 1.29. The molecule has 3 unspecified atom stereocenters. The molecule has 106 valence electrons. The number of rotatable bonds is 5. The first-order valence-electron chi connectivity index (χ1n) is 7.10. The maximum Gasteiger partial charge on any atom is 0.0990 e. The van der Waals surface area contributed by atoms with Crippen molar-refractivity contribution >= 4 is 5.69 Å². The van der Waals surface area contributed by atoms with E-state index in [2.05, 4.69) is 43.4 Å². The summed E-state index contributed by atoms with van der Waals surface area (Å²) in [4.78, 5) is 2.02. The molecule has 0 bridgehead atoms. The van der Waals surface area contributed by atoms with E-state index >= 15 is 0 Å². The summed E-state index contributed by atoms with van der Waals surface area (Å²) in [6.45, 7) is 6.26. The van der Waals surface area contributed by atoms with E-state index in [1.165, 1.54) is 5.56 Å². The molecule has 1 aliphatic heterocycles. The Bertz CT molecular complexity index is 384. The van der Waals surface area contributed by atoms with Crippen LogP contribution >= 0.6 is 0 Å². The molecule has 0 saturated carbocycles. The van der Waals surface area contributed by atoms with Gasteiger partial charge in [-0.2, -0.15) is 0 Å². The number of hydrogen-bond donors (Lipinski definition) is 3. The summed E-state index contributed by atoms with van der Waals surface area (Å²) in [5, 5.41) is 22.6. The molecule has 1 aliphatic rings. The maximum absolute atomic E-state index is 9.58. The van der Waals surface area contributed by atoms with Crippen molar-refractivity contribution in [1.82, 2.24) is 5.32 Å². The van der Waals surface area contributed by atoms with E-state index in [0.717, 1.165) is 18.7 Å². The molecular weight excluding hydrogens is 240 g/mol. The third-order valence-electron chi connectivity index (χ3n) is 3.78. The van der Waals surface area contributed by atoms with Crippen LogP contribution in [-0.4, -0.2) is 42.1 Å². The van der Waals surface area contributed by atoms with Gasteiger partial charge in [0.1, 0.15) is 0 Å². The molecule has 0 radical (unpaired) electrons. The van der Waals surface area contributed by atoms with E-state index in [0.29, 0.717) is 19.1 Å². The topological polar surface area (TPSA) is 55.7 Å². The number of nitrogens with one attached hydrogen (secondary N) is 1. The SMILES string of the molecule is CCNC(CC)c1ccc(N2CC(O)C(O)C2)cc1. The first-order valence-corrected chi connectivity index (χ1v) is 7.10. The van der Waals surface area contributed by atoms with Crippen molar-refractivity contribution in [2.75, 3.05) is 24.5 Å². The summed E-state index contributed by atoms with van der Waals surface area (Å²) >= 11 is 0. The van der Waals surface area contributed by atoms with Crippen molar-refractivity contribution in [3.8, 4) is 0 Å². The van der Waals surface area contributed by atoms with Gasteiger partial charge in [0.15, 0.2) is 0 Å². The summed E-state index contributed by atoms with van der Waals surface area (Å²) in [5.41, 5.74) is 2.35. The molecule has 1 aromatic rings. The van der Waals surface area contributed by atoms with Gasteiger partial charge in [-0.3, -0.25) is 0 Å². The average molecular weight is 264 g/mol. The molecule has 1 aromatic carbocycles. The molecule has 0 aromatic heterocycles. The Morgan fingerprint density at radius 1 is 1.16 bits per heavy atom. The zero-order valence-corrected chi connectivity index (χ0v) is 11.7. The molecule has 1 saturated heterocycles. The van der Waals surface area contributed by atoms with E-state index in [1.54, 1.807) is 0 Å². The van der Waals surface area contributed by atoms with E-state index in [4.69, 9.17) is 0 Å². The first-order chi connectivity index (χ1) is 9.15. The second kappa shape index (κ2) is 6.37. The lowest BCUT2D eigenvalue weighted by Crippen LogP contribution is -2.22. The molecule has 4 nitrogen and oxygen atoms in total. The Hall–Kier alpha value is -1.10. The number of aliphatic hydroxyl groups excluding tert-OH is 2. The minimum absolute atomic E-state index is 0.397. The summed E-state index contributed by atoms with van der Waals surface area (Å²) in [6.07, 6.45) is -0.205. The standard InChI is InChI=1S/C15H24N2O2/c1-3-13(16-4-2)11-5-7-12(8-6-11)17-9-14(18)15(19)10-17/h5-8,13-16,18-19H,3-4,9-10H2,1-2H3. The van der Waals surface area contributed by atoms with Gasteiger partial charge in [-0.15, -0.1) is 0 Å². The number of anilines is 1. The maximum atomic E-state index is 9.58. The largest absolute Gasteiger partial charge is 0.389 e. The lowest BCUT2D eigenvalue weighted by atomic mass is 10.0. The Balaban J connectivity index is 2.06. The molecule has 0 aliphatic carbocycles. The molecular formula is C15H24N2O2. The van der Waals surface area contributed by atoms with Gasteiger partial charge in [0.05, 0.1) is 12.2 Å². The molecule has 0 amide bonds. The van der Waals surface area contributed by atoms with Gasteiger partial charge in [0, 0.05) is 24.8 Å². The zero-order valence-electron chi connectivity index (χ0n) is 11.7. The van der Waals surface area contributed by atoms with Crippen LogP contribution < -0.4 is 10.2 Å². The predicted molar refractivity (Wildman–Crippen MR) is 77.4 cm³/mol. The minimum atomic E-state index is -0.634. The Morgan fingerprint density at radius 3 is 2.21 bits per heavy atom. The molecule has 3 N–H and O–H groups in total. The third kappa shape index (κ3) is 3.26. The van der Waals surface area contributed by atoms with Gasteiger partial charge in [0.25, 0.3) is 0 Å². The van der Waals surface area contributed by atoms with Crippen molar-refractivity contribution in [2.45, 2.75) is 38.5 Å². The van der Waals surface area contributed by atoms with Gasteiger partial charge < -0.3 is 20.4 Å². The molecule has 3 atom stereocenters. The van der Waals surface area contributed by atoms with Crippen LogP contribution in [0.25, 0.3) is 0 Å². The second-order valence-corrected chi connectivity index (χ2v) is 5.15. The smallest absolute Gasteiger partial charge is 0.0990 e. The Labute approximate surface area is 115 Å². The van der Waals surface area contributed by atoms with E-state index in [9.17, 15) is 10.2 Å². The molecule has 1 heterocycles. The third-order valence-corrected chi connectivity index (χ3v) is 3.78. The Kier molecular flexibility index (Phi) is 4.80. The highest BCUT2D eigenvalue weighted by atomic mass is 16.3. The summed E-state index contributed by atoms with van der Waals surface area (Å²) in [5.74, 6) is 0. The highest BCUT2D eigenvalue weighted by molar-refractivity contribution is 5.49. The van der Waals surface area contributed by atoms with Gasteiger partial charge in [-0.05, 0) is 30.7 Å². The number of benzene rings is 1. The molecule has 19 heavy (non-hydrogen) atoms. The van der Waals surface area contributed by atoms with E-state index in [1.807, 2.05) is 4.90 Å². The highest BCUT2D eigenvalue weighted by Crippen LogP contribution is 2.24. The fourth-order valence-electron chi connectivity index (χ4n) is 2.64. The number of aliphatic hydroxyl groups is 2. The van der Waals surface area contributed by atoms with Crippen LogP contribution in [0.4, 0.5) is 5.69 Å². The van der Waals surface area contributed by atoms with Crippen LogP contribution in [0, 0.1) is 0 Å². The first kappa shape index (κ1) is 14.3. The lowest BCUT2D eigenvalue weighted by Gasteiger charge is -2.20. The van der Waals surface area contributed by atoms with Crippen LogP contribution in [-0.2, 0) is 0 Å². The minimum Gasteiger partial charge on any atom is -0.389 e. The van der Waals surface area contributed by atoms with Crippen LogP contribution in [0.15, 0.2) is 24.3 Å². The van der Waals surface area contributed by atoms with Crippen LogP contribution in [0.5, 0.6) is 0 Å². The quantitative estimate of drug-likeness (QED) is 0.750. The van der Waals surface area contributed by atoms with Crippen molar-refractivity contribution in [1.29, 1.82) is 0 Å². The summed E-state index contributed by atoms with van der Waals surface area (Å²) in [6, 6.07) is 8.79. The van der Waals surface area contributed by atoms with Gasteiger partial charge in [-0.25, -0.2) is 0 Å². The van der Waals surface area contributed by atoms with Crippen molar-refractivity contribution in [3.05, 3.63) is 29.8 Å². The fraction of sp³-hybridized carbons (Fsp3) is 0.600. The summed E-state index contributed by atoms with van der Waals surface area (Å²) in [7, 11) is 0. The molecule has 1 fully saturated rings. The van der Waals surface area contributed by atoms with Crippen molar-refractivity contribution in [2.24, 2.45) is 0 Å². The van der Waals surface area contributed by atoms with Gasteiger partial charge >= 0.3 is 0 Å². The molecule has 4 heteroatoms. The van der Waals surface area contributed by atoms with Crippen LogP contribution in [0.1, 0.15) is 31.9 Å². The zero-order chi connectivity index (χ0) is 13.8. The second-order valence-electron chi connectivity index (χ2n) is 5.15. The molecule has 0 spiro atoms. The fourth-order valence-corrected chi connectivity index (χ4v) is 2.64. The van der Waals surface area contributed by atoms with Crippen LogP contribution in [0.3, 0.4) is 0 Å². The lowest BCUT2D eigenvalue weighted by molar-refractivity contribution is 0.0572. The Morgan fingerprint density at radius 2 is 1.74 bits per heavy atom. The van der Waals surface area contributed by atoms with Gasteiger partial charge in [-0.1, -0.05) is 26.0 Å². The normalized spacial score (nSPS) is 24.7. The number of nitrogens with zero attached hydrogens (tertiary/aromatic N) is 1. The number of hydrogen-bond acceptors (Lipinski definition) is 4. The van der Waals surface area contributed by atoms with E-state index in [-0.39, 0.29) is 0 Å². The molecule has 2 rings (SSSR count). The van der Waals surface area contributed by atoms with Crippen LogP contribution in [0.2, 0.25) is 0 Å². The summed E-state index contributed by atoms with van der Waals surface area (Å²) < 4.78 is 0. The van der Waals surface area contributed by atoms with Gasteiger partial charge in [0.2, 0.25) is 0 Å². The average Bonchev–Trinajstić information content (AvgIpc) is 2.76. The van der Waals surface area contributed by atoms with E-state index < -0.39 is 12.2 Å². The van der Waals surface area contributed by atoms with Crippen molar-refractivity contribution < 1.29 is 10.2 Å². The monoisotopic (exact) mass is 264 g/mol.